The van der Waals surface area contributed by atoms with Gasteiger partial charge in [-0.1, -0.05) is 0 Å². The molecule has 1 saturated heterocycles. The number of rotatable bonds is 8. The van der Waals surface area contributed by atoms with E-state index in [9.17, 15) is 23.3 Å². The molecular weight excluding hydrogens is 454 g/mol. The number of aryl methyl sites for hydroxylation is 1. The largest absolute Gasteiger partial charge is 0.438 e. The van der Waals surface area contributed by atoms with E-state index in [1.807, 2.05) is 0 Å². The number of non-ortho nitro benzene ring substituents is 1. The van der Waals surface area contributed by atoms with E-state index in [-0.39, 0.29) is 23.4 Å². The number of nitro groups is 1. The van der Waals surface area contributed by atoms with Crippen molar-refractivity contribution >= 4 is 21.6 Å². The van der Waals surface area contributed by atoms with Crippen molar-refractivity contribution in [3.8, 4) is 11.6 Å². The highest BCUT2D eigenvalue weighted by Gasteiger charge is 2.28. The van der Waals surface area contributed by atoms with Crippen molar-refractivity contribution in [1.82, 2.24) is 19.8 Å². The summed E-state index contributed by atoms with van der Waals surface area (Å²) < 4.78 is 40.8. The van der Waals surface area contributed by atoms with Crippen molar-refractivity contribution in [2.75, 3.05) is 13.2 Å². The van der Waals surface area contributed by atoms with Gasteiger partial charge in [0.05, 0.1) is 11.0 Å². The Morgan fingerprint density at radius 2 is 2.09 bits per heavy atom. The third-order valence-electron chi connectivity index (χ3n) is 4.67. The van der Waals surface area contributed by atoms with E-state index >= 15 is 0 Å². The molecule has 1 fully saturated rings. The van der Waals surface area contributed by atoms with Gasteiger partial charge in [0.15, 0.2) is 5.69 Å². The molecule has 2 aromatic rings. The van der Waals surface area contributed by atoms with Crippen molar-refractivity contribution in [2.24, 2.45) is 7.05 Å². The number of sulfonamides is 1. The summed E-state index contributed by atoms with van der Waals surface area (Å²) in [5, 5.41) is 18.1. The van der Waals surface area contributed by atoms with Crippen LogP contribution in [-0.2, 0) is 21.8 Å². The molecular formula is C20H27N5O7S. The number of carbonyl (C=O) groups is 1. The van der Waals surface area contributed by atoms with Crippen molar-refractivity contribution in [2.45, 2.75) is 50.2 Å². The fraction of sp³-hybridized carbons (Fsp3) is 0.500. The van der Waals surface area contributed by atoms with Gasteiger partial charge in [-0.2, -0.15) is 5.10 Å². The number of hydrogen-bond acceptors (Lipinski definition) is 8. The molecule has 12 nitrogen and oxygen atoms in total. The normalized spacial score (nSPS) is 16.5. The van der Waals surface area contributed by atoms with Crippen LogP contribution >= 0.6 is 0 Å². The number of hydrogen-bond donors (Lipinski definition) is 2. The fourth-order valence-electron chi connectivity index (χ4n) is 3.23. The second-order valence-electron chi connectivity index (χ2n) is 8.68. The lowest BCUT2D eigenvalue weighted by Gasteiger charge is -2.21. The monoisotopic (exact) mass is 481 g/mol. The Balaban J connectivity index is 1.86. The number of amides is 1. The Bertz CT molecular complexity index is 1150. The summed E-state index contributed by atoms with van der Waals surface area (Å²) in [6.07, 6.45) is 1.79. The van der Waals surface area contributed by atoms with E-state index in [1.54, 1.807) is 20.8 Å². The average molecular weight is 482 g/mol. The van der Waals surface area contributed by atoms with Crippen LogP contribution in [0.3, 0.4) is 0 Å². The highest BCUT2D eigenvalue weighted by Crippen LogP contribution is 2.33. The number of aromatic nitrogens is 2. The molecule has 0 aliphatic carbocycles. The number of nitrogens with zero attached hydrogens (tertiary/aromatic N) is 3. The van der Waals surface area contributed by atoms with E-state index < -0.39 is 37.0 Å². The minimum Gasteiger partial charge on any atom is -0.438 e. The standard InChI is InChI=1S/C20H27N5O7S/c1-20(2,3)23-33(29,30)17-10-13(25(27)28)7-8-16(17)32-18-11-15(22-24(18)4)19(26)21-12-14-6-5-9-31-14/h7-8,10-11,14,23H,5-6,9,12H2,1-4H3,(H,21,26). The lowest BCUT2D eigenvalue weighted by Crippen LogP contribution is -2.40. The van der Waals surface area contributed by atoms with Crippen LogP contribution in [-0.4, -0.2) is 53.8 Å². The van der Waals surface area contributed by atoms with Crippen LogP contribution in [0.2, 0.25) is 0 Å². The molecule has 3 rings (SSSR count). The van der Waals surface area contributed by atoms with Gasteiger partial charge in [-0.05, 0) is 39.7 Å². The number of benzene rings is 1. The molecule has 1 aromatic carbocycles. The highest BCUT2D eigenvalue weighted by molar-refractivity contribution is 7.89. The van der Waals surface area contributed by atoms with Crippen LogP contribution in [0.25, 0.3) is 0 Å². The Kier molecular flexibility index (Phi) is 7.05. The Morgan fingerprint density at radius 1 is 1.36 bits per heavy atom. The van der Waals surface area contributed by atoms with Gasteiger partial charge in [0.25, 0.3) is 11.6 Å². The van der Waals surface area contributed by atoms with Crippen molar-refractivity contribution in [3.63, 3.8) is 0 Å². The predicted molar refractivity (Wildman–Crippen MR) is 118 cm³/mol. The number of ether oxygens (including phenoxy) is 2. The molecule has 0 spiro atoms. The Labute approximate surface area is 191 Å². The van der Waals surface area contributed by atoms with Gasteiger partial charge in [0.2, 0.25) is 15.9 Å². The third kappa shape index (κ3) is 6.27. The van der Waals surface area contributed by atoms with Crippen LogP contribution in [0.4, 0.5) is 5.69 Å². The van der Waals surface area contributed by atoms with Crippen LogP contribution < -0.4 is 14.8 Å². The molecule has 1 aromatic heterocycles. The van der Waals surface area contributed by atoms with Crippen molar-refractivity contribution < 1.29 is 27.6 Å². The molecule has 0 bridgehead atoms. The highest BCUT2D eigenvalue weighted by atomic mass is 32.2. The van der Waals surface area contributed by atoms with Crippen molar-refractivity contribution in [3.05, 3.63) is 40.1 Å². The molecule has 33 heavy (non-hydrogen) atoms. The van der Waals surface area contributed by atoms with Crippen LogP contribution in [0.5, 0.6) is 11.6 Å². The van der Waals surface area contributed by atoms with Crippen LogP contribution in [0, 0.1) is 10.1 Å². The van der Waals surface area contributed by atoms with E-state index in [2.05, 4.69) is 15.1 Å². The first-order chi connectivity index (χ1) is 15.4. The minimum atomic E-state index is -4.17. The van der Waals surface area contributed by atoms with Gasteiger partial charge in [0.1, 0.15) is 10.6 Å². The molecule has 180 valence electrons. The number of nitro benzene ring substituents is 1. The third-order valence-corrected chi connectivity index (χ3v) is 6.45. The molecule has 1 unspecified atom stereocenters. The zero-order valence-electron chi connectivity index (χ0n) is 18.8. The van der Waals surface area contributed by atoms with Gasteiger partial charge >= 0.3 is 0 Å². The first-order valence-corrected chi connectivity index (χ1v) is 11.8. The van der Waals surface area contributed by atoms with Gasteiger partial charge in [-0.25, -0.2) is 17.8 Å². The Hall–Kier alpha value is -3.03. The van der Waals surface area contributed by atoms with Gasteiger partial charge < -0.3 is 14.8 Å². The fourth-order valence-corrected chi connectivity index (χ4v) is 4.80. The second-order valence-corrected chi connectivity index (χ2v) is 10.3. The molecule has 1 atom stereocenters. The summed E-state index contributed by atoms with van der Waals surface area (Å²) in [6, 6.07) is 4.62. The quantitative estimate of drug-likeness (QED) is 0.429. The maximum atomic E-state index is 12.9. The zero-order valence-corrected chi connectivity index (χ0v) is 19.6. The summed E-state index contributed by atoms with van der Waals surface area (Å²) in [4.78, 5) is 22.5. The van der Waals surface area contributed by atoms with Gasteiger partial charge in [-0.15, -0.1) is 0 Å². The Morgan fingerprint density at radius 3 is 2.70 bits per heavy atom. The van der Waals surface area contributed by atoms with Crippen LogP contribution in [0.15, 0.2) is 29.2 Å². The molecule has 1 aliphatic rings. The van der Waals surface area contributed by atoms with Gasteiger partial charge in [0, 0.05) is 43.9 Å². The zero-order chi connectivity index (χ0) is 24.4. The van der Waals surface area contributed by atoms with E-state index in [4.69, 9.17) is 9.47 Å². The van der Waals surface area contributed by atoms with E-state index in [0.717, 1.165) is 25.0 Å². The van der Waals surface area contributed by atoms with Crippen LogP contribution in [0.1, 0.15) is 44.1 Å². The minimum absolute atomic E-state index is 0.0310. The molecule has 2 heterocycles. The predicted octanol–water partition coefficient (Wildman–Crippen LogP) is 2.11. The maximum Gasteiger partial charge on any atom is 0.272 e. The van der Waals surface area contributed by atoms with Crippen molar-refractivity contribution in [1.29, 1.82) is 0 Å². The smallest absolute Gasteiger partial charge is 0.272 e. The van der Waals surface area contributed by atoms with E-state index in [1.165, 1.54) is 23.9 Å². The average Bonchev–Trinajstić information content (AvgIpc) is 3.34. The summed E-state index contributed by atoms with van der Waals surface area (Å²) in [6.45, 7) is 5.96. The summed E-state index contributed by atoms with van der Waals surface area (Å²) in [5.74, 6) is -0.494. The molecule has 2 N–H and O–H groups in total. The topological polar surface area (TPSA) is 155 Å². The van der Waals surface area contributed by atoms with E-state index in [0.29, 0.717) is 13.2 Å². The van der Waals surface area contributed by atoms with Gasteiger partial charge in [-0.3, -0.25) is 14.9 Å². The molecule has 13 heteroatoms. The SMILES string of the molecule is Cn1nc(C(=O)NCC2CCCO2)cc1Oc1ccc([N+](=O)[O-])cc1S(=O)(=O)NC(C)(C)C. The first-order valence-electron chi connectivity index (χ1n) is 10.3. The summed E-state index contributed by atoms with van der Waals surface area (Å²) in [5.41, 5.74) is -1.16. The first kappa shape index (κ1) is 24.6. The lowest BCUT2D eigenvalue weighted by atomic mass is 10.1. The summed E-state index contributed by atoms with van der Waals surface area (Å²) in [7, 11) is -2.64. The molecule has 0 radical (unpaired) electrons. The summed E-state index contributed by atoms with van der Waals surface area (Å²) >= 11 is 0. The molecule has 1 amide bonds. The lowest BCUT2D eigenvalue weighted by molar-refractivity contribution is -0.385. The number of carbonyl (C=O) groups excluding carboxylic acids is 1. The number of nitrogens with one attached hydrogen (secondary N) is 2. The second kappa shape index (κ2) is 9.45. The maximum absolute atomic E-state index is 12.9. The molecule has 0 saturated carbocycles. The molecule has 1 aliphatic heterocycles.